The number of esters is 1. The minimum atomic E-state index is -0.419. The zero-order valence-electron chi connectivity index (χ0n) is 14.5. The van der Waals surface area contributed by atoms with Gasteiger partial charge in [0.2, 0.25) is 5.76 Å². The molecule has 0 bridgehead atoms. The molecular formula is C17H21N3O4S. The van der Waals surface area contributed by atoms with Crippen molar-refractivity contribution in [2.45, 2.75) is 33.7 Å². The van der Waals surface area contributed by atoms with Gasteiger partial charge in [-0.3, -0.25) is 9.69 Å². The fraction of sp³-hybridized carbons (Fsp3) is 0.471. The van der Waals surface area contributed by atoms with Crippen molar-refractivity contribution >= 4 is 28.2 Å². The first-order chi connectivity index (χ1) is 12.0. The third-order valence-electron chi connectivity index (χ3n) is 4.14. The first kappa shape index (κ1) is 17.6. The number of anilines is 1. The minimum Gasteiger partial charge on any atom is -0.462 e. The topological polar surface area (TPSA) is 84.7 Å². The second-order valence-corrected chi connectivity index (χ2v) is 6.94. The summed E-state index contributed by atoms with van der Waals surface area (Å²) in [6, 6.07) is 1.56. The van der Waals surface area contributed by atoms with Crippen LogP contribution in [0.5, 0.6) is 0 Å². The van der Waals surface area contributed by atoms with Crippen LogP contribution in [0.3, 0.4) is 0 Å². The van der Waals surface area contributed by atoms with Crippen molar-refractivity contribution in [3.63, 3.8) is 0 Å². The maximum Gasteiger partial charge on any atom is 0.341 e. The first-order valence-corrected chi connectivity index (χ1v) is 9.13. The number of aromatic nitrogens is 1. The van der Waals surface area contributed by atoms with Crippen LogP contribution in [0.25, 0.3) is 0 Å². The van der Waals surface area contributed by atoms with Crippen molar-refractivity contribution < 1.29 is 18.8 Å². The molecule has 0 aromatic carbocycles. The molecule has 0 spiro atoms. The molecule has 3 heterocycles. The molecule has 1 amide bonds. The maximum absolute atomic E-state index is 12.5. The standard InChI is InChI=1S/C17H21N3O4S/c1-4-20-7-6-11-13(9-20)25-16(14(11)17(22)23-5-2)18-15(21)12-8-10(3)19-24-12/h8H,4-7,9H2,1-3H3,(H,18,21). The van der Waals surface area contributed by atoms with Gasteiger partial charge in [0.05, 0.1) is 17.9 Å². The highest BCUT2D eigenvalue weighted by molar-refractivity contribution is 7.17. The van der Waals surface area contributed by atoms with Crippen molar-refractivity contribution in [3.8, 4) is 0 Å². The van der Waals surface area contributed by atoms with E-state index in [2.05, 4.69) is 22.3 Å². The fourth-order valence-corrected chi connectivity index (χ4v) is 4.14. The van der Waals surface area contributed by atoms with Crippen LogP contribution in [0, 0.1) is 6.92 Å². The van der Waals surface area contributed by atoms with Crippen molar-refractivity contribution in [2.75, 3.05) is 25.0 Å². The summed E-state index contributed by atoms with van der Waals surface area (Å²) in [5.41, 5.74) is 2.08. The van der Waals surface area contributed by atoms with Crippen molar-refractivity contribution in [3.05, 3.63) is 33.5 Å². The smallest absolute Gasteiger partial charge is 0.341 e. The molecule has 3 rings (SSSR count). The number of ether oxygens (including phenoxy) is 1. The Morgan fingerprint density at radius 1 is 1.44 bits per heavy atom. The van der Waals surface area contributed by atoms with E-state index >= 15 is 0 Å². The highest BCUT2D eigenvalue weighted by atomic mass is 32.1. The van der Waals surface area contributed by atoms with E-state index in [9.17, 15) is 9.59 Å². The van der Waals surface area contributed by atoms with Gasteiger partial charge in [0, 0.05) is 24.0 Å². The van der Waals surface area contributed by atoms with Gasteiger partial charge in [-0.05, 0) is 32.4 Å². The van der Waals surface area contributed by atoms with Gasteiger partial charge >= 0.3 is 5.97 Å². The normalized spacial score (nSPS) is 14.2. The highest BCUT2D eigenvalue weighted by Crippen LogP contribution is 2.37. The summed E-state index contributed by atoms with van der Waals surface area (Å²) in [4.78, 5) is 28.3. The zero-order chi connectivity index (χ0) is 18.0. The molecular weight excluding hydrogens is 342 g/mol. The van der Waals surface area contributed by atoms with E-state index in [4.69, 9.17) is 9.26 Å². The molecule has 1 aliphatic heterocycles. The van der Waals surface area contributed by atoms with Gasteiger partial charge in [0.15, 0.2) is 0 Å². The molecule has 0 atom stereocenters. The van der Waals surface area contributed by atoms with Crippen molar-refractivity contribution in [1.82, 2.24) is 10.1 Å². The monoisotopic (exact) mass is 363 g/mol. The number of hydrogen-bond donors (Lipinski definition) is 1. The molecule has 0 radical (unpaired) electrons. The number of nitrogens with one attached hydrogen (secondary N) is 1. The molecule has 0 saturated carbocycles. The van der Waals surface area contributed by atoms with Crippen LogP contribution in [-0.2, 0) is 17.7 Å². The van der Waals surface area contributed by atoms with E-state index in [0.717, 1.165) is 36.5 Å². The molecule has 2 aromatic heterocycles. The van der Waals surface area contributed by atoms with E-state index < -0.39 is 11.9 Å². The Labute approximate surface area is 149 Å². The van der Waals surface area contributed by atoms with E-state index in [1.54, 1.807) is 19.9 Å². The number of fused-ring (bicyclic) bond motifs is 1. The van der Waals surface area contributed by atoms with Crippen molar-refractivity contribution in [1.29, 1.82) is 0 Å². The van der Waals surface area contributed by atoms with Crippen LogP contribution in [0.4, 0.5) is 5.00 Å². The minimum absolute atomic E-state index is 0.119. The van der Waals surface area contributed by atoms with Crippen LogP contribution >= 0.6 is 11.3 Å². The molecule has 0 aliphatic carbocycles. The molecule has 0 fully saturated rings. The SMILES string of the molecule is CCOC(=O)c1c(NC(=O)c2cc(C)no2)sc2c1CCN(CC)C2. The lowest BCUT2D eigenvalue weighted by Crippen LogP contribution is -2.30. The number of thiophene rings is 1. The van der Waals surface area contributed by atoms with E-state index in [1.807, 2.05) is 0 Å². The number of rotatable bonds is 5. The largest absolute Gasteiger partial charge is 0.462 e. The molecule has 1 N–H and O–H groups in total. The Morgan fingerprint density at radius 2 is 2.24 bits per heavy atom. The van der Waals surface area contributed by atoms with Crippen LogP contribution < -0.4 is 5.32 Å². The third-order valence-corrected chi connectivity index (χ3v) is 5.27. The Kier molecular flexibility index (Phi) is 5.19. The summed E-state index contributed by atoms with van der Waals surface area (Å²) < 4.78 is 10.2. The molecule has 0 saturated heterocycles. The first-order valence-electron chi connectivity index (χ1n) is 8.32. The van der Waals surface area contributed by atoms with Gasteiger partial charge in [-0.2, -0.15) is 0 Å². The number of amides is 1. The molecule has 1 aliphatic rings. The fourth-order valence-electron chi connectivity index (χ4n) is 2.87. The van der Waals surface area contributed by atoms with Gasteiger partial charge in [0.25, 0.3) is 5.91 Å². The molecule has 7 nitrogen and oxygen atoms in total. The Hall–Kier alpha value is -2.19. The molecule has 2 aromatic rings. The van der Waals surface area contributed by atoms with E-state index in [1.165, 1.54) is 11.3 Å². The van der Waals surface area contributed by atoms with Gasteiger partial charge in [-0.15, -0.1) is 11.3 Å². The lowest BCUT2D eigenvalue weighted by atomic mass is 10.0. The van der Waals surface area contributed by atoms with Crippen LogP contribution in [0.1, 0.15) is 50.9 Å². The lowest BCUT2D eigenvalue weighted by Gasteiger charge is -2.25. The number of carbonyl (C=O) groups excluding carboxylic acids is 2. The Morgan fingerprint density at radius 3 is 2.88 bits per heavy atom. The summed E-state index contributed by atoms with van der Waals surface area (Å²) in [6.07, 6.45) is 0.769. The third kappa shape index (κ3) is 3.59. The number of hydrogen-bond acceptors (Lipinski definition) is 7. The Bertz CT molecular complexity index is 796. The predicted molar refractivity (Wildman–Crippen MR) is 94.1 cm³/mol. The van der Waals surface area contributed by atoms with Crippen LogP contribution in [-0.4, -0.2) is 41.6 Å². The molecule has 134 valence electrons. The molecule has 8 heteroatoms. The second-order valence-electron chi connectivity index (χ2n) is 5.83. The summed E-state index contributed by atoms with van der Waals surface area (Å²) in [7, 11) is 0. The van der Waals surface area contributed by atoms with Gasteiger partial charge in [-0.25, -0.2) is 4.79 Å². The Balaban J connectivity index is 1.93. The van der Waals surface area contributed by atoms with Gasteiger partial charge in [0.1, 0.15) is 5.00 Å². The van der Waals surface area contributed by atoms with Crippen LogP contribution in [0.2, 0.25) is 0 Å². The average molecular weight is 363 g/mol. The molecule has 25 heavy (non-hydrogen) atoms. The summed E-state index contributed by atoms with van der Waals surface area (Å²) >= 11 is 1.43. The van der Waals surface area contributed by atoms with Crippen molar-refractivity contribution in [2.24, 2.45) is 0 Å². The number of carbonyl (C=O) groups is 2. The lowest BCUT2D eigenvalue weighted by molar-refractivity contribution is 0.0526. The summed E-state index contributed by atoms with van der Waals surface area (Å²) in [6.45, 7) is 8.53. The number of aryl methyl sites for hydroxylation is 1. The number of nitrogens with zero attached hydrogens (tertiary/aromatic N) is 2. The predicted octanol–water partition coefficient (Wildman–Crippen LogP) is 2.85. The second kappa shape index (κ2) is 7.37. The van der Waals surface area contributed by atoms with Gasteiger partial charge < -0.3 is 14.6 Å². The quantitative estimate of drug-likeness (QED) is 0.822. The summed E-state index contributed by atoms with van der Waals surface area (Å²) in [5.74, 6) is -0.694. The highest BCUT2D eigenvalue weighted by Gasteiger charge is 2.29. The molecule has 0 unspecified atom stereocenters. The average Bonchev–Trinajstić information content (AvgIpc) is 3.17. The van der Waals surface area contributed by atoms with Crippen LogP contribution in [0.15, 0.2) is 10.6 Å². The zero-order valence-corrected chi connectivity index (χ0v) is 15.4. The van der Waals surface area contributed by atoms with E-state index in [0.29, 0.717) is 22.9 Å². The summed E-state index contributed by atoms with van der Waals surface area (Å²) in [5, 5.41) is 7.03. The number of likely N-dealkylation sites (N-methyl/N-ethyl adjacent to an activating group) is 1. The van der Waals surface area contributed by atoms with E-state index in [-0.39, 0.29) is 5.76 Å². The van der Waals surface area contributed by atoms with Gasteiger partial charge in [-0.1, -0.05) is 12.1 Å². The maximum atomic E-state index is 12.5.